The topological polar surface area (TPSA) is 84.8 Å². The van der Waals surface area contributed by atoms with Crippen LogP contribution in [0.4, 0.5) is 13.2 Å². The van der Waals surface area contributed by atoms with E-state index in [0.29, 0.717) is 17.8 Å². The summed E-state index contributed by atoms with van der Waals surface area (Å²) in [6, 6.07) is 0.981. The van der Waals surface area contributed by atoms with Crippen molar-refractivity contribution in [3.8, 4) is 0 Å². The summed E-state index contributed by atoms with van der Waals surface area (Å²) in [4.78, 5) is 12.4. The molecule has 142 valence electrons. The average molecular weight is 371 g/mol. The zero-order valence-corrected chi connectivity index (χ0v) is 14.6. The Bertz CT molecular complexity index is 811. The molecule has 0 bridgehead atoms. The predicted octanol–water partition coefficient (Wildman–Crippen LogP) is 2.39. The molecule has 1 aliphatic heterocycles. The number of rotatable bonds is 4. The minimum Gasteiger partial charge on any atom is -0.369 e. The monoisotopic (exact) mass is 371 g/mol. The molecule has 0 aromatic carbocycles. The van der Waals surface area contributed by atoms with Crippen LogP contribution in [-0.2, 0) is 23.9 Å². The van der Waals surface area contributed by atoms with Crippen LogP contribution >= 0.6 is 0 Å². The Kier molecular flexibility index (Phi) is 4.78. The van der Waals surface area contributed by atoms with Crippen LogP contribution in [0, 0.1) is 6.92 Å². The number of amides is 1. The molecule has 3 heterocycles. The van der Waals surface area contributed by atoms with Crippen LogP contribution in [0.15, 0.2) is 6.07 Å². The Labute approximate surface area is 147 Å². The molecule has 0 unspecified atom stereocenters. The van der Waals surface area contributed by atoms with Gasteiger partial charge in [0, 0.05) is 24.2 Å². The van der Waals surface area contributed by atoms with Crippen LogP contribution in [0.5, 0.6) is 0 Å². The molecule has 0 aliphatic carbocycles. The molecule has 0 saturated heterocycles. The Morgan fingerprint density at radius 2 is 2.19 bits per heavy atom. The summed E-state index contributed by atoms with van der Waals surface area (Å²) in [5, 5.41) is 13.1. The Balaban J connectivity index is 1.63. The highest BCUT2D eigenvalue weighted by molar-refractivity contribution is 5.94. The normalized spacial score (nSPS) is 20.1. The molecule has 1 aliphatic rings. The zero-order chi connectivity index (χ0) is 19.1. The maximum Gasteiger partial charge on any atom is 0.435 e. The van der Waals surface area contributed by atoms with Crippen molar-refractivity contribution < 1.29 is 22.7 Å². The van der Waals surface area contributed by atoms with E-state index in [1.165, 1.54) is 11.6 Å². The maximum atomic E-state index is 12.7. The van der Waals surface area contributed by atoms with E-state index in [2.05, 4.69) is 20.6 Å². The lowest BCUT2D eigenvalue weighted by Gasteiger charge is -2.25. The van der Waals surface area contributed by atoms with Gasteiger partial charge in [-0.2, -0.15) is 23.4 Å². The molecule has 2 N–H and O–H groups in total. The molecule has 1 amide bonds. The van der Waals surface area contributed by atoms with E-state index in [1.54, 1.807) is 0 Å². The van der Waals surface area contributed by atoms with Crippen molar-refractivity contribution in [1.82, 2.24) is 25.3 Å². The van der Waals surface area contributed by atoms with E-state index in [-0.39, 0.29) is 31.2 Å². The maximum absolute atomic E-state index is 12.7. The van der Waals surface area contributed by atoms with Crippen LogP contribution in [0.2, 0.25) is 0 Å². The van der Waals surface area contributed by atoms with Gasteiger partial charge in [0.2, 0.25) is 0 Å². The van der Waals surface area contributed by atoms with Gasteiger partial charge in [-0.05, 0) is 26.8 Å². The molecular weight excluding hydrogens is 351 g/mol. The summed E-state index contributed by atoms with van der Waals surface area (Å²) < 4.78 is 44.9. The van der Waals surface area contributed by atoms with Gasteiger partial charge >= 0.3 is 6.18 Å². The van der Waals surface area contributed by atoms with E-state index in [0.717, 1.165) is 17.3 Å². The summed E-state index contributed by atoms with van der Waals surface area (Å²) in [5.41, 5.74) is 1.35. The fourth-order valence-electron chi connectivity index (χ4n) is 3.10. The van der Waals surface area contributed by atoms with Crippen molar-refractivity contribution in [3.63, 3.8) is 0 Å². The molecular formula is C16H20F3N5O2. The quantitative estimate of drug-likeness (QED) is 0.864. The summed E-state index contributed by atoms with van der Waals surface area (Å²) >= 11 is 0. The predicted molar refractivity (Wildman–Crippen MR) is 85.6 cm³/mol. The number of halogens is 3. The van der Waals surface area contributed by atoms with E-state index < -0.39 is 11.9 Å². The van der Waals surface area contributed by atoms with Crippen molar-refractivity contribution in [2.45, 2.75) is 52.1 Å². The van der Waals surface area contributed by atoms with E-state index in [1.807, 2.05) is 13.8 Å². The largest absolute Gasteiger partial charge is 0.435 e. The summed E-state index contributed by atoms with van der Waals surface area (Å²) in [7, 11) is 0. The molecule has 2 aromatic heterocycles. The van der Waals surface area contributed by atoms with E-state index in [9.17, 15) is 18.0 Å². The first-order valence-corrected chi connectivity index (χ1v) is 8.29. The smallest absolute Gasteiger partial charge is 0.369 e. The first kappa shape index (κ1) is 18.4. The fraction of sp³-hybridized carbons (Fsp3) is 0.562. The lowest BCUT2D eigenvalue weighted by Crippen LogP contribution is -2.30. The molecule has 3 rings (SSSR count). The van der Waals surface area contributed by atoms with Crippen molar-refractivity contribution in [3.05, 3.63) is 34.4 Å². The number of ether oxygens (including phenoxy) is 1. The molecule has 0 fully saturated rings. The minimum atomic E-state index is -4.48. The van der Waals surface area contributed by atoms with Crippen molar-refractivity contribution >= 4 is 5.91 Å². The Hall–Kier alpha value is -2.36. The number of aromatic amines is 1. The average Bonchev–Trinajstić information content (AvgIpc) is 3.11. The highest BCUT2D eigenvalue weighted by Gasteiger charge is 2.34. The van der Waals surface area contributed by atoms with Crippen LogP contribution in [0.1, 0.15) is 53.1 Å². The number of aryl methyl sites for hydroxylation is 1. The van der Waals surface area contributed by atoms with Crippen molar-refractivity contribution in [1.29, 1.82) is 0 Å². The highest BCUT2D eigenvalue weighted by atomic mass is 19.4. The molecule has 0 radical (unpaired) electrons. The van der Waals surface area contributed by atoms with Crippen LogP contribution < -0.4 is 5.32 Å². The summed E-state index contributed by atoms with van der Waals surface area (Å²) in [5.74, 6) is -0.371. The van der Waals surface area contributed by atoms with Crippen molar-refractivity contribution in [2.24, 2.45) is 0 Å². The van der Waals surface area contributed by atoms with Gasteiger partial charge in [0.1, 0.15) is 0 Å². The molecule has 2 atom stereocenters. The number of carbonyl (C=O) groups is 1. The number of hydrogen-bond donors (Lipinski definition) is 2. The SMILES string of the molecule is Cc1cc(C(F)(F)F)nn1CCNC(=O)c1n[nH]c2c1C[C@@H](C)O[C@H]2C. The van der Waals surface area contributed by atoms with Gasteiger partial charge in [-0.1, -0.05) is 0 Å². The molecule has 7 nitrogen and oxygen atoms in total. The van der Waals surface area contributed by atoms with Gasteiger partial charge in [-0.15, -0.1) is 0 Å². The second-order valence-electron chi connectivity index (χ2n) is 6.41. The lowest BCUT2D eigenvalue weighted by molar-refractivity contribution is -0.141. The van der Waals surface area contributed by atoms with Gasteiger partial charge in [0.15, 0.2) is 11.4 Å². The molecule has 0 spiro atoms. The number of nitrogens with one attached hydrogen (secondary N) is 2. The summed E-state index contributed by atoms with van der Waals surface area (Å²) in [6.45, 7) is 5.62. The van der Waals surface area contributed by atoms with Crippen LogP contribution in [0.3, 0.4) is 0 Å². The number of fused-ring (bicyclic) bond motifs is 1. The molecule has 10 heteroatoms. The molecule has 0 saturated carbocycles. The second kappa shape index (κ2) is 6.75. The van der Waals surface area contributed by atoms with Gasteiger partial charge in [0.25, 0.3) is 5.91 Å². The van der Waals surface area contributed by atoms with E-state index >= 15 is 0 Å². The first-order valence-electron chi connectivity index (χ1n) is 8.29. The molecule has 2 aromatic rings. The number of alkyl halides is 3. The Morgan fingerprint density at radius 3 is 2.85 bits per heavy atom. The second-order valence-corrected chi connectivity index (χ2v) is 6.41. The van der Waals surface area contributed by atoms with Crippen LogP contribution in [-0.4, -0.2) is 38.5 Å². The highest BCUT2D eigenvalue weighted by Crippen LogP contribution is 2.30. The Morgan fingerprint density at radius 1 is 1.46 bits per heavy atom. The fourth-order valence-corrected chi connectivity index (χ4v) is 3.10. The van der Waals surface area contributed by atoms with Crippen LogP contribution in [0.25, 0.3) is 0 Å². The van der Waals surface area contributed by atoms with Gasteiger partial charge in [-0.3, -0.25) is 14.6 Å². The van der Waals surface area contributed by atoms with Gasteiger partial charge in [0.05, 0.1) is 24.4 Å². The first-order chi connectivity index (χ1) is 12.2. The summed E-state index contributed by atoms with van der Waals surface area (Å²) in [6.07, 6.45) is -4.10. The number of aromatic nitrogens is 4. The number of nitrogens with zero attached hydrogens (tertiary/aromatic N) is 3. The molecule has 26 heavy (non-hydrogen) atoms. The number of H-pyrrole nitrogens is 1. The van der Waals surface area contributed by atoms with Gasteiger partial charge in [-0.25, -0.2) is 0 Å². The number of hydrogen-bond acceptors (Lipinski definition) is 4. The lowest BCUT2D eigenvalue weighted by atomic mass is 9.99. The zero-order valence-electron chi connectivity index (χ0n) is 14.6. The standard InChI is InChI=1S/C16H20F3N5O2/c1-8-6-12(16(17,18)19)23-24(8)5-4-20-15(25)14-11-7-9(2)26-10(3)13(11)21-22-14/h6,9-10H,4-5,7H2,1-3H3,(H,20,25)(H,21,22)/t9-,10+/m1/s1. The van der Waals surface area contributed by atoms with Crippen molar-refractivity contribution in [2.75, 3.05) is 6.54 Å². The third-order valence-corrected chi connectivity index (χ3v) is 4.33. The van der Waals surface area contributed by atoms with Gasteiger partial charge < -0.3 is 10.1 Å². The minimum absolute atomic E-state index is 0.0193. The van der Waals surface area contributed by atoms with E-state index in [4.69, 9.17) is 4.74 Å². The third kappa shape index (κ3) is 3.59. The third-order valence-electron chi connectivity index (χ3n) is 4.33. The number of carbonyl (C=O) groups excluding carboxylic acids is 1.